The van der Waals surface area contributed by atoms with Crippen molar-refractivity contribution in [3.05, 3.63) is 0 Å². The number of nitrogens with one attached hydrogen (secondary N) is 1. The number of aliphatic hydroxyl groups excluding tert-OH is 4. The number of carbonyl (C=O) groups is 1. The van der Waals surface area contributed by atoms with Crippen molar-refractivity contribution in [2.75, 3.05) is 13.1 Å². The summed E-state index contributed by atoms with van der Waals surface area (Å²) in [7, 11) is 0. The van der Waals surface area contributed by atoms with Crippen molar-refractivity contribution in [3.63, 3.8) is 0 Å². The average molecular weight is 389 g/mol. The smallest absolute Gasteiger partial charge is 0.157 e. The molecular formula is C19H36N2O6. The van der Waals surface area contributed by atoms with Crippen molar-refractivity contribution < 1.29 is 30.3 Å². The van der Waals surface area contributed by atoms with Gasteiger partial charge in [0.1, 0.15) is 18.7 Å². The minimum atomic E-state index is -1.76. The maximum absolute atomic E-state index is 11.0. The van der Waals surface area contributed by atoms with E-state index in [0.29, 0.717) is 19.3 Å². The lowest BCUT2D eigenvalue weighted by Gasteiger charge is -2.43. The Labute approximate surface area is 161 Å². The van der Waals surface area contributed by atoms with Crippen molar-refractivity contribution in [1.29, 1.82) is 0 Å². The van der Waals surface area contributed by atoms with Crippen LogP contribution in [0.25, 0.3) is 0 Å². The first-order chi connectivity index (χ1) is 12.7. The summed E-state index contributed by atoms with van der Waals surface area (Å²) in [5, 5.41) is 53.0. The molecule has 2 aliphatic rings. The molecule has 8 heteroatoms. The molecule has 0 spiro atoms. The van der Waals surface area contributed by atoms with Crippen molar-refractivity contribution >= 4 is 6.29 Å². The van der Waals surface area contributed by atoms with Crippen LogP contribution in [0.4, 0.5) is 0 Å². The normalized spacial score (nSPS) is 31.8. The van der Waals surface area contributed by atoms with Gasteiger partial charge in [0.05, 0.1) is 6.10 Å². The van der Waals surface area contributed by atoms with Gasteiger partial charge in [-0.1, -0.05) is 13.8 Å². The first-order valence-electron chi connectivity index (χ1n) is 10.1. The molecule has 0 aliphatic carbocycles. The van der Waals surface area contributed by atoms with Crippen LogP contribution in [0.15, 0.2) is 0 Å². The minimum absolute atomic E-state index is 0.0492. The van der Waals surface area contributed by atoms with Gasteiger partial charge in [0.25, 0.3) is 0 Å². The Balaban J connectivity index is 2.05. The molecule has 6 unspecified atom stereocenters. The van der Waals surface area contributed by atoms with E-state index in [1.807, 2.05) is 0 Å². The molecule has 6 atom stereocenters. The number of rotatable bonds is 8. The molecule has 2 fully saturated rings. The van der Waals surface area contributed by atoms with Gasteiger partial charge in [0, 0.05) is 23.8 Å². The number of nitrogens with zero attached hydrogens (tertiary/aromatic N) is 1. The zero-order chi connectivity index (χ0) is 20.1. The molecule has 0 amide bonds. The predicted molar refractivity (Wildman–Crippen MR) is 99.2 cm³/mol. The molecule has 2 saturated heterocycles. The summed E-state index contributed by atoms with van der Waals surface area (Å²) in [4.78, 5) is 13.3. The van der Waals surface area contributed by atoms with Crippen LogP contribution in [0.2, 0.25) is 0 Å². The number of piperidine rings is 2. The second kappa shape index (κ2) is 10.2. The van der Waals surface area contributed by atoms with Crippen LogP contribution in [0.3, 0.4) is 0 Å². The van der Waals surface area contributed by atoms with Gasteiger partial charge < -0.3 is 30.3 Å². The Morgan fingerprint density at radius 3 is 2.19 bits per heavy atom. The van der Waals surface area contributed by atoms with E-state index < -0.39 is 36.7 Å². The van der Waals surface area contributed by atoms with E-state index in [4.69, 9.17) is 0 Å². The maximum Gasteiger partial charge on any atom is 0.157 e. The fraction of sp³-hybridized carbons (Fsp3) is 0.947. The number of carbonyl (C=O) groups excluding carboxylic acids is 1. The van der Waals surface area contributed by atoms with Crippen LogP contribution in [-0.2, 0) is 4.79 Å². The molecular weight excluding hydrogens is 352 g/mol. The number of aldehydes is 1. The molecule has 8 nitrogen and oxygen atoms in total. The fourth-order valence-electron chi connectivity index (χ4n) is 4.65. The van der Waals surface area contributed by atoms with Gasteiger partial charge >= 0.3 is 0 Å². The number of hydrogen-bond acceptors (Lipinski definition) is 8. The Morgan fingerprint density at radius 2 is 1.70 bits per heavy atom. The first kappa shape index (κ1) is 22.7. The monoisotopic (exact) mass is 388 g/mol. The molecule has 0 bridgehead atoms. The highest BCUT2D eigenvalue weighted by atomic mass is 16.5. The van der Waals surface area contributed by atoms with Crippen molar-refractivity contribution in [2.45, 2.75) is 76.8 Å². The topological polar surface area (TPSA) is 133 Å². The van der Waals surface area contributed by atoms with Gasteiger partial charge in [-0.3, -0.25) is 10.2 Å². The van der Waals surface area contributed by atoms with Gasteiger partial charge in [0.15, 0.2) is 6.29 Å². The van der Waals surface area contributed by atoms with Crippen LogP contribution >= 0.6 is 0 Å². The third kappa shape index (κ3) is 5.93. The van der Waals surface area contributed by atoms with Crippen LogP contribution in [-0.4, -0.2) is 80.7 Å². The van der Waals surface area contributed by atoms with Gasteiger partial charge in [-0.25, -0.2) is 0 Å². The lowest BCUT2D eigenvalue weighted by atomic mass is 9.77. The Morgan fingerprint density at radius 1 is 1.07 bits per heavy atom. The van der Waals surface area contributed by atoms with Gasteiger partial charge in [-0.05, 0) is 51.1 Å². The molecule has 27 heavy (non-hydrogen) atoms. The standard InChI is InChI=1S/C19H36N2O6/c1-11(2)14(21-7-5-12(10-22)6-8-21)9-15(23)17(19(26)27)13-3-4-16(24)20-18(13)25/h10-20,23-27H,3-9H2,1-2H3. The summed E-state index contributed by atoms with van der Waals surface area (Å²) in [6, 6.07) is 0.0492. The SMILES string of the molecule is CC(C)C(CC(O)C(C(O)O)C1CCC(O)NC1O)N1CCC(C=O)CC1. The van der Waals surface area contributed by atoms with E-state index in [9.17, 15) is 30.3 Å². The third-order valence-corrected chi connectivity index (χ3v) is 6.31. The van der Waals surface area contributed by atoms with E-state index in [1.54, 1.807) is 0 Å². The fourth-order valence-corrected chi connectivity index (χ4v) is 4.65. The van der Waals surface area contributed by atoms with Crippen molar-refractivity contribution in [2.24, 2.45) is 23.7 Å². The van der Waals surface area contributed by atoms with Gasteiger partial charge in [0.2, 0.25) is 0 Å². The lowest BCUT2D eigenvalue weighted by Crippen LogP contribution is -2.55. The molecule has 0 aromatic rings. The maximum atomic E-state index is 11.0. The molecule has 0 radical (unpaired) electrons. The van der Waals surface area contributed by atoms with E-state index in [2.05, 4.69) is 24.1 Å². The molecule has 6 N–H and O–H groups in total. The quantitative estimate of drug-likeness (QED) is 0.236. The summed E-state index contributed by atoms with van der Waals surface area (Å²) < 4.78 is 0. The minimum Gasteiger partial charge on any atom is -0.393 e. The Hall–Kier alpha value is -0.610. The molecule has 2 aliphatic heterocycles. The highest BCUT2D eigenvalue weighted by molar-refractivity contribution is 5.53. The van der Waals surface area contributed by atoms with E-state index >= 15 is 0 Å². The number of hydrogen-bond donors (Lipinski definition) is 6. The van der Waals surface area contributed by atoms with Crippen molar-refractivity contribution in [3.8, 4) is 0 Å². The summed E-state index contributed by atoms with van der Waals surface area (Å²) in [5.41, 5.74) is 0. The summed E-state index contributed by atoms with van der Waals surface area (Å²) in [6.45, 7) is 5.71. The molecule has 158 valence electrons. The van der Waals surface area contributed by atoms with E-state index in [0.717, 1.165) is 32.2 Å². The lowest BCUT2D eigenvalue weighted by molar-refractivity contribution is -0.173. The van der Waals surface area contributed by atoms with E-state index in [-0.39, 0.29) is 17.9 Å². The van der Waals surface area contributed by atoms with Gasteiger partial charge in [-0.15, -0.1) is 0 Å². The Kier molecular flexibility index (Phi) is 8.61. The predicted octanol–water partition coefficient (Wildman–Crippen LogP) is -0.764. The largest absolute Gasteiger partial charge is 0.393 e. The van der Waals surface area contributed by atoms with Crippen LogP contribution in [0, 0.1) is 23.7 Å². The zero-order valence-corrected chi connectivity index (χ0v) is 16.3. The second-order valence-corrected chi connectivity index (χ2v) is 8.48. The Bertz CT molecular complexity index is 455. The molecule has 2 heterocycles. The van der Waals surface area contributed by atoms with Crippen LogP contribution < -0.4 is 5.32 Å². The summed E-state index contributed by atoms with van der Waals surface area (Å²) >= 11 is 0. The molecule has 0 aromatic heterocycles. The summed E-state index contributed by atoms with van der Waals surface area (Å²) in [6.07, 6.45) is -0.934. The average Bonchev–Trinajstić information content (AvgIpc) is 2.61. The highest BCUT2D eigenvalue weighted by Gasteiger charge is 2.42. The van der Waals surface area contributed by atoms with E-state index in [1.165, 1.54) is 0 Å². The van der Waals surface area contributed by atoms with Crippen LogP contribution in [0.5, 0.6) is 0 Å². The third-order valence-electron chi connectivity index (χ3n) is 6.31. The van der Waals surface area contributed by atoms with Crippen LogP contribution in [0.1, 0.15) is 46.0 Å². The number of aliphatic hydroxyl groups is 5. The summed E-state index contributed by atoms with van der Waals surface area (Å²) in [5.74, 6) is -1.12. The highest BCUT2D eigenvalue weighted by Crippen LogP contribution is 2.33. The molecule has 0 saturated carbocycles. The van der Waals surface area contributed by atoms with Gasteiger partial charge in [-0.2, -0.15) is 0 Å². The number of likely N-dealkylation sites (tertiary alicyclic amines) is 1. The molecule has 2 rings (SSSR count). The first-order valence-corrected chi connectivity index (χ1v) is 10.1. The zero-order valence-electron chi connectivity index (χ0n) is 16.3. The van der Waals surface area contributed by atoms with Crippen molar-refractivity contribution in [1.82, 2.24) is 10.2 Å². The second-order valence-electron chi connectivity index (χ2n) is 8.48. The molecule has 0 aromatic carbocycles.